The molecule has 1 aliphatic rings. The molecule has 2 aromatic heterocycles. The first-order chi connectivity index (χ1) is 12.3. The van der Waals surface area contributed by atoms with Crippen LogP contribution in [0.5, 0.6) is 0 Å². The molecule has 9 heteroatoms. The highest BCUT2D eigenvalue weighted by atomic mass is 32.1. The van der Waals surface area contributed by atoms with Gasteiger partial charge in [0.05, 0.1) is 16.1 Å². The Morgan fingerprint density at radius 2 is 2.23 bits per heavy atom. The van der Waals surface area contributed by atoms with Crippen molar-refractivity contribution in [1.29, 1.82) is 0 Å². The van der Waals surface area contributed by atoms with Gasteiger partial charge in [0.1, 0.15) is 6.04 Å². The van der Waals surface area contributed by atoms with Gasteiger partial charge in [-0.25, -0.2) is 9.37 Å². The van der Waals surface area contributed by atoms with Crippen molar-refractivity contribution in [3.63, 3.8) is 0 Å². The van der Waals surface area contributed by atoms with Gasteiger partial charge >= 0.3 is 0 Å². The monoisotopic (exact) mass is 377 g/mol. The predicted molar refractivity (Wildman–Crippen MR) is 99.2 cm³/mol. The lowest BCUT2D eigenvalue weighted by Crippen LogP contribution is -2.37. The molecular weight excluding hydrogens is 357 g/mol. The molecule has 1 atom stereocenters. The Kier molecular flexibility index (Phi) is 4.82. The third-order valence-electron chi connectivity index (χ3n) is 4.10. The lowest BCUT2D eigenvalue weighted by molar-refractivity contribution is -0.119. The predicted octanol–water partition coefficient (Wildman–Crippen LogP) is 2.09. The average Bonchev–Trinajstić information content (AvgIpc) is 3.15. The molecule has 0 saturated heterocycles. The van der Waals surface area contributed by atoms with Crippen molar-refractivity contribution in [3.05, 3.63) is 28.4 Å². The van der Waals surface area contributed by atoms with Crippen molar-refractivity contribution in [1.82, 2.24) is 10.3 Å². The number of aromatic nitrogens is 1. The number of fused-ring (bicyclic) bond motifs is 1. The number of carbonyl (C=O) groups is 2. The van der Waals surface area contributed by atoms with Crippen molar-refractivity contribution in [2.75, 3.05) is 11.1 Å². The molecule has 2 amide bonds. The Morgan fingerprint density at radius 1 is 1.50 bits per heavy atom. The zero-order valence-electron chi connectivity index (χ0n) is 14.4. The van der Waals surface area contributed by atoms with Crippen LogP contribution in [-0.2, 0) is 11.3 Å². The summed E-state index contributed by atoms with van der Waals surface area (Å²) in [5, 5.41) is 7.15. The number of hydrogen-bond donors (Lipinski definition) is 4. The SMILES string of the molecule is CC(C)C[C@@H](Nc1nc(-c2cc(N)cs2)c2c(c1F)CNC2=O)C(N)=O. The van der Waals surface area contributed by atoms with Crippen LogP contribution in [0.2, 0.25) is 0 Å². The van der Waals surface area contributed by atoms with Gasteiger partial charge in [0.25, 0.3) is 5.91 Å². The first kappa shape index (κ1) is 18.1. The van der Waals surface area contributed by atoms with Crippen LogP contribution in [0.15, 0.2) is 11.4 Å². The van der Waals surface area contributed by atoms with Crippen molar-refractivity contribution >= 4 is 34.7 Å². The number of amides is 2. The molecule has 0 aromatic carbocycles. The summed E-state index contributed by atoms with van der Waals surface area (Å²) in [6.45, 7) is 3.94. The zero-order valence-corrected chi connectivity index (χ0v) is 15.2. The van der Waals surface area contributed by atoms with Gasteiger partial charge in [0.2, 0.25) is 5.91 Å². The van der Waals surface area contributed by atoms with Gasteiger partial charge in [-0.05, 0) is 18.4 Å². The first-order valence-electron chi connectivity index (χ1n) is 8.18. The summed E-state index contributed by atoms with van der Waals surface area (Å²) in [6.07, 6.45) is 0.437. The van der Waals surface area contributed by atoms with E-state index in [2.05, 4.69) is 15.6 Å². The van der Waals surface area contributed by atoms with E-state index in [4.69, 9.17) is 11.5 Å². The van der Waals surface area contributed by atoms with Gasteiger partial charge in [-0.2, -0.15) is 0 Å². The summed E-state index contributed by atoms with van der Waals surface area (Å²) in [6, 6.07) is 0.918. The quantitative estimate of drug-likeness (QED) is 0.614. The molecule has 138 valence electrons. The number of nitrogens with two attached hydrogens (primary N) is 2. The third kappa shape index (κ3) is 3.34. The van der Waals surface area contributed by atoms with E-state index in [1.807, 2.05) is 13.8 Å². The van der Waals surface area contributed by atoms with Gasteiger partial charge in [-0.15, -0.1) is 11.3 Å². The van der Waals surface area contributed by atoms with Crippen molar-refractivity contribution in [2.24, 2.45) is 11.7 Å². The molecule has 0 fully saturated rings. The van der Waals surface area contributed by atoms with E-state index in [-0.39, 0.29) is 35.3 Å². The maximum absolute atomic E-state index is 14.9. The minimum Gasteiger partial charge on any atom is -0.398 e. The fourth-order valence-electron chi connectivity index (χ4n) is 2.91. The summed E-state index contributed by atoms with van der Waals surface area (Å²) >= 11 is 1.31. The van der Waals surface area contributed by atoms with Crippen molar-refractivity contribution in [3.8, 4) is 10.6 Å². The van der Waals surface area contributed by atoms with E-state index in [1.165, 1.54) is 11.3 Å². The minimum absolute atomic E-state index is 0.0659. The lowest BCUT2D eigenvalue weighted by Gasteiger charge is -2.19. The molecule has 3 heterocycles. The number of carbonyl (C=O) groups excluding carboxylic acids is 2. The first-order valence-corrected chi connectivity index (χ1v) is 9.06. The van der Waals surface area contributed by atoms with Gasteiger partial charge in [0.15, 0.2) is 11.6 Å². The molecule has 0 aliphatic carbocycles. The second-order valence-electron chi connectivity index (χ2n) is 6.63. The van der Waals surface area contributed by atoms with E-state index >= 15 is 0 Å². The second-order valence-corrected chi connectivity index (χ2v) is 7.54. The van der Waals surface area contributed by atoms with Crippen LogP contribution in [0.3, 0.4) is 0 Å². The Labute approximate surface area is 154 Å². The standard InChI is InChI=1S/C17H20FN5O2S/c1-7(2)3-10(15(20)24)22-16-13(18)9-5-21-17(25)12(9)14(23-16)11-4-8(19)6-26-11/h4,6-7,10H,3,5,19H2,1-2H3,(H2,20,24)(H,21,25)(H,22,23)/t10-/m1/s1. The topological polar surface area (TPSA) is 123 Å². The highest BCUT2D eigenvalue weighted by Gasteiger charge is 2.31. The van der Waals surface area contributed by atoms with E-state index in [0.717, 1.165) is 0 Å². The Morgan fingerprint density at radius 3 is 2.81 bits per heavy atom. The minimum atomic E-state index is -0.763. The van der Waals surface area contributed by atoms with Crippen LogP contribution in [0.1, 0.15) is 36.2 Å². The molecule has 0 saturated carbocycles. The van der Waals surface area contributed by atoms with E-state index in [1.54, 1.807) is 11.4 Å². The average molecular weight is 377 g/mol. The number of nitrogens with one attached hydrogen (secondary N) is 2. The summed E-state index contributed by atoms with van der Waals surface area (Å²) in [5.41, 5.74) is 12.5. The van der Waals surface area contributed by atoms with Gasteiger partial charge in [-0.1, -0.05) is 13.8 Å². The van der Waals surface area contributed by atoms with Gasteiger partial charge in [0, 0.05) is 23.2 Å². The summed E-state index contributed by atoms with van der Waals surface area (Å²) in [4.78, 5) is 28.8. The molecule has 2 aromatic rings. The van der Waals surface area contributed by atoms with Crippen molar-refractivity contribution in [2.45, 2.75) is 32.9 Å². The van der Waals surface area contributed by atoms with Crippen LogP contribution >= 0.6 is 11.3 Å². The number of thiophene rings is 1. The van der Waals surface area contributed by atoms with Crippen LogP contribution < -0.4 is 22.1 Å². The zero-order chi connectivity index (χ0) is 19.0. The number of halogens is 1. The highest BCUT2D eigenvalue weighted by Crippen LogP contribution is 2.36. The number of rotatable bonds is 6. The normalized spacial score (nSPS) is 14.2. The maximum atomic E-state index is 14.9. The van der Waals surface area contributed by atoms with Crippen LogP contribution in [0, 0.1) is 11.7 Å². The van der Waals surface area contributed by atoms with E-state index in [9.17, 15) is 14.0 Å². The van der Waals surface area contributed by atoms with Crippen LogP contribution in [-0.4, -0.2) is 22.8 Å². The molecule has 1 aliphatic heterocycles. The number of hydrogen-bond acceptors (Lipinski definition) is 6. The molecule has 0 unspecified atom stereocenters. The molecule has 0 bridgehead atoms. The van der Waals surface area contributed by atoms with E-state index < -0.39 is 17.8 Å². The van der Waals surface area contributed by atoms with Gasteiger partial charge in [-0.3, -0.25) is 9.59 Å². The number of primary amides is 1. The highest BCUT2D eigenvalue weighted by molar-refractivity contribution is 7.14. The molecule has 3 rings (SSSR count). The summed E-state index contributed by atoms with van der Waals surface area (Å²) in [7, 11) is 0. The molecule has 26 heavy (non-hydrogen) atoms. The largest absolute Gasteiger partial charge is 0.398 e. The number of nitrogen functional groups attached to an aromatic ring is 1. The number of pyridine rings is 1. The molecule has 6 N–H and O–H groups in total. The lowest BCUT2D eigenvalue weighted by atomic mass is 10.0. The van der Waals surface area contributed by atoms with Crippen LogP contribution in [0.4, 0.5) is 15.9 Å². The third-order valence-corrected chi connectivity index (χ3v) is 5.06. The Balaban J connectivity index is 2.09. The molecule has 0 spiro atoms. The summed E-state index contributed by atoms with van der Waals surface area (Å²) < 4.78 is 14.9. The Hall–Kier alpha value is -2.68. The maximum Gasteiger partial charge on any atom is 0.254 e. The Bertz CT molecular complexity index is 880. The van der Waals surface area contributed by atoms with Crippen molar-refractivity contribution < 1.29 is 14.0 Å². The van der Waals surface area contributed by atoms with Gasteiger partial charge < -0.3 is 22.1 Å². The van der Waals surface area contributed by atoms with E-state index in [0.29, 0.717) is 22.7 Å². The van der Waals surface area contributed by atoms with Crippen LogP contribution in [0.25, 0.3) is 10.6 Å². The molecule has 0 radical (unpaired) electrons. The smallest absolute Gasteiger partial charge is 0.254 e. The second kappa shape index (κ2) is 6.91. The number of anilines is 2. The number of nitrogens with zero attached hydrogens (tertiary/aromatic N) is 1. The fraction of sp³-hybridized carbons (Fsp3) is 0.353. The fourth-order valence-corrected chi connectivity index (χ4v) is 3.71. The summed E-state index contributed by atoms with van der Waals surface area (Å²) in [5.74, 6) is -1.53. The molecular formula is C17H20FN5O2S. The molecule has 7 nitrogen and oxygen atoms in total.